The molecule has 0 saturated carbocycles. The van der Waals surface area contributed by atoms with Gasteiger partial charge >= 0.3 is 5.97 Å². The molecule has 0 aromatic heterocycles. The van der Waals surface area contributed by atoms with E-state index >= 15 is 0 Å². The molecule has 0 amide bonds. The Morgan fingerprint density at radius 1 is 1.05 bits per heavy atom. The predicted octanol–water partition coefficient (Wildman–Crippen LogP) is 5.15. The van der Waals surface area contributed by atoms with E-state index in [2.05, 4.69) is 13.8 Å². The van der Waals surface area contributed by atoms with Crippen molar-refractivity contribution in [1.82, 2.24) is 0 Å². The molecule has 0 aliphatic carbocycles. The van der Waals surface area contributed by atoms with Crippen LogP contribution in [0.2, 0.25) is 0 Å². The van der Waals surface area contributed by atoms with Gasteiger partial charge in [0.2, 0.25) is 0 Å². The van der Waals surface area contributed by atoms with Crippen LogP contribution in [0.3, 0.4) is 0 Å². The first-order valence-corrected chi connectivity index (χ1v) is 7.91. The molecule has 112 valence electrons. The van der Waals surface area contributed by atoms with E-state index in [4.69, 9.17) is 4.74 Å². The fourth-order valence-electron chi connectivity index (χ4n) is 2.37. The molecular weight excluding hydrogens is 248 g/mol. The number of unbranched alkanes of at least 4 members (excludes halogenated alkanes) is 2. The SMILES string of the molecule is CCCCCC(CCC)COC(=O)c1ccc(C)cc1. The number of carbonyl (C=O) groups excluding carboxylic acids is 1. The van der Waals surface area contributed by atoms with Crippen LogP contribution >= 0.6 is 0 Å². The molecule has 1 rings (SSSR count). The summed E-state index contributed by atoms with van der Waals surface area (Å²) in [6.07, 6.45) is 7.21. The summed E-state index contributed by atoms with van der Waals surface area (Å²) >= 11 is 0. The third-order valence-electron chi connectivity index (χ3n) is 3.65. The van der Waals surface area contributed by atoms with Gasteiger partial charge in [0.15, 0.2) is 0 Å². The van der Waals surface area contributed by atoms with Crippen molar-refractivity contribution < 1.29 is 9.53 Å². The van der Waals surface area contributed by atoms with Crippen molar-refractivity contribution in [3.63, 3.8) is 0 Å². The van der Waals surface area contributed by atoms with Crippen LogP contribution in [0.1, 0.15) is 68.3 Å². The van der Waals surface area contributed by atoms with Gasteiger partial charge < -0.3 is 4.74 Å². The molecular formula is C18H28O2. The Bertz CT molecular complexity index is 381. The summed E-state index contributed by atoms with van der Waals surface area (Å²) in [5.74, 6) is 0.322. The van der Waals surface area contributed by atoms with Crippen molar-refractivity contribution in [1.29, 1.82) is 0 Å². The Kier molecular flexibility index (Phi) is 8.01. The highest BCUT2D eigenvalue weighted by molar-refractivity contribution is 5.89. The molecule has 0 radical (unpaired) electrons. The molecule has 2 heteroatoms. The normalized spacial score (nSPS) is 12.2. The van der Waals surface area contributed by atoms with Crippen LogP contribution in [0, 0.1) is 12.8 Å². The van der Waals surface area contributed by atoms with Crippen LogP contribution in [-0.4, -0.2) is 12.6 Å². The smallest absolute Gasteiger partial charge is 0.338 e. The Hall–Kier alpha value is -1.31. The van der Waals surface area contributed by atoms with Crippen LogP contribution in [-0.2, 0) is 4.74 Å². The van der Waals surface area contributed by atoms with Crippen LogP contribution in [0.15, 0.2) is 24.3 Å². The molecule has 0 fully saturated rings. The zero-order valence-corrected chi connectivity index (χ0v) is 13.2. The fraction of sp³-hybridized carbons (Fsp3) is 0.611. The second-order valence-corrected chi connectivity index (χ2v) is 5.61. The third-order valence-corrected chi connectivity index (χ3v) is 3.65. The van der Waals surface area contributed by atoms with Crippen molar-refractivity contribution in [2.45, 2.75) is 59.3 Å². The molecule has 0 saturated heterocycles. The van der Waals surface area contributed by atoms with Gasteiger partial charge in [-0.25, -0.2) is 4.79 Å². The van der Waals surface area contributed by atoms with Crippen molar-refractivity contribution >= 4 is 5.97 Å². The maximum absolute atomic E-state index is 12.0. The first-order valence-electron chi connectivity index (χ1n) is 7.91. The van der Waals surface area contributed by atoms with Gasteiger partial charge in [0.1, 0.15) is 0 Å². The molecule has 2 nitrogen and oxygen atoms in total. The van der Waals surface area contributed by atoms with Gasteiger partial charge in [-0.15, -0.1) is 0 Å². The summed E-state index contributed by atoms with van der Waals surface area (Å²) < 4.78 is 5.47. The minimum Gasteiger partial charge on any atom is -0.462 e. The number of esters is 1. The van der Waals surface area contributed by atoms with E-state index in [0.29, 0.717) is 18.1 Å². The van der Waals surface area contributed by atoms with Gasteiger partial charge in [-0.1, -0.05) is 57.2 Å². The first-order chi connectivity index (χ1) is 9.67. The first kappa shape index (κ1) is 16.7. The Labute approximate surface area is 123 Å². The highest BCUT2D eigenvalue weighted by Gasteiger charge is 2.12. The molecule has 1 aromatic carbocycles. The van der Waals surface area contributed by atoms with Crippen molar-refractivity contribution in [2.75, 3.05) is 6.61 Å². The molecule has 0 N–H and O–H groups in total. The molecule has 1 aromatic rings. The van der Waals surface area contributed by atoms with E-state index in [0.717, 1.165) is 18.4 Å². The maximum Gasteiger partial charge on any atom is 0.338 e. The topological polar surface area (TPSA) is 26.3 Å². The highest BCUT2D eigenvalue weighted by Crippen LogP contribution is 2.17. The molecule has 20 heavy (non-hydrogen) atoms. The second kappa shape index (κ2) is 9.57. The minimum atomic E-state index is -0.193. The number of aryl methyl sites for hydroxylation is 1. The molecule has 0 spiro atoms. The summed E-state index contributed by atoms with van der Waals surface area (Å²) in [6.45, 7) is 6.98. The largest absolute Gasteiger partial charge is 0.462 e. The van der Waals surface area contributed by atoms with Gasteiger partial charge in [0.05, 0.1) is 12.2 Å². The van der Waals surface area contributed by atoms with Crippen LogP contribution in [0.4, 0.5) is 0 Å². The van der Waals surface area contributed by atoms with E-state index in [1.165, 1.54) is 25.7 Å². The van der Waals surface area contributed by atoms with E-state index in [-0.39, 0.29) is 5.97 Å². The quantitative estimate of drug-likeness (QED) is 0.460. The zero-order chi connectivity index (χ0) is 14.8. The van der Waals surface area contributed by atoms with Crippen LogP contribution < -0.4 is 0 Å². The van der Waals surface area contributed by atoms with Crippen molar-refractivity contribution in [3.8, 4) is 0 Å². The average molecular weight is 276 g/mol. The summed E-state index contributed by atoms with van der Waals surface area (Å²) in [6, 6.07) is 7.57. The zero-order valence-electron chi connectivity index (χ0n) is 13.2. The standard InChI is InChI=1S/C18H28O2/c1-4-6-7-9-16(8-5-2)14-20-18(19)17-12-10-15(3)11-13-17/h10-13,16H,4-9,14H2,1-3H3. The number of hydrogen-bond donors (Lipinski definition) is 0. The Balaban J connectivity index is 2.41. The van der Waals surface area contributed by atoms with E-state index in [1.807, 2.05) is 31.2 Å². The number of ether oxygens (including phenoxy) is 1. The third kappa shape index (κ3) is 6.23. The van der Waals surface area contributed by atoms with Gasteiger partial charge in [-0.2, -0.15) is 0 Å². The van der Waals surface area contributed by atoms with Crippen LogP contribution in [0.25, 0.3) is 0 Å². The molecule has 1 atom stereocenters. The Morgan fingerprint density at radius 2 is 1.75 bits per heavy atom. The number of carbonyl (C=O) groups is 1. The number of rotatable bonds is 9. The summed E-state index contributed by atoms with van der Waals surface area (Å²) in [7, 11) is 0. The van der Waals surface area contributed by atoms with Gasteiger partial charge in [-0.05, 0) is 37.8 Å². The van der Waals surface area contributed by atoms with Gasteiger partial charge in [0, 0.05) is 0 Å². The molecule has 0 bridgehead atoms. The molecule has 0 heterocycles. The highest BCUT2D eigenvalue weighted by atomic mass is 16.5. The van der Waals surface area contributed by atoms with Crippen molar-refractivity contribution in [2.24, 2.45) is 5.92 Å². The summed E-state index contributed by atoms with van der Waals surface area (Å²) in [5.41, 5.74) is 1.81. The molecule has 0 aliphatic heterocycles. The molecule has 0 aliphatic rings. The lowest BCUT2D eigenvalue weighted by molar-refractivity contribution is 0.0423. The Morgan fingerprint density at radius 3 is 2.35 bits per heavy atom. The molecule has 1 unspecified atom stereocenters. The van der Waals surface area contributed by atoms with Crippen LogP contribution in [0.5, 0.6) is 0 Å². The van der Waals surface area contributed by atoms with Crippen molar-refractivity contribution in [3.05, 3.63) is 35.4 Å². The summed E-state index contributed by atoms with van der Waals surface area (Å²) in [4.78, 5) is 12.0. The number of benzene rings is 1. The van der Waals surface area contributed by atoms with E-state index < -0.39 is 0 Å². The van der Waals surface area contributed by atoms with E-state index in [9.17, 15) is 4.79 Å². The summed E-state index contributed by atoms with van der Waals surface area (Å²) in [5, 5.41) is 0. The fourth-order valence-corrected chi connectivity index (χ4v) is 2.37. The van der Waals surface area contributed by atoms with E-state index in [1.54, 1.807) is 0 Å². The second-order valence-electron chi connectivity index (χ2n) is 5.61. The average Bonchev–Trinajstić information content (AvgIpc) is 2.45. The minimum absolute atomic E-state index is 0.193. The maximum atomic E-state index is 12.0. The monoisotopic (exact) mass is 276 g/mol. The van der Waals surface area contributed by atoms with Gasteiger partial charge in [0.25, 0.3) is 0 Å². The lowest BCUT2D eigenvalue weighted by Gasteiger charge is -2.16. The number of hydrogen-bond acceptors (Lipinski definition) is 2. The van der Waals surface area contributed by atoms with Gasteiger partial charge in [-0.3, -0.25) is 0 Å². The lowest BCUT2D eigenvalue weighted by Crippen LogP contribution is -2.14. The predicted molar refractivity (Wildman–Crippen MR) is 84.0 cm³/mol. The lowest BCUT2D eigenvalue weighted by atomic mass is 9.97.